The Morgan fingerprint density at radius 1 is 0.385 bits per heavy atom. The van der Waals surface area contributed by atoms with E-state index in [1.807, 2.05) is 12.1 Å². The molecule has 0 unspecified atom stereocenters. The van der Waals surface area contributed by atoms with Gasteiger partial charge in [0.05, 0.1) is 11.4 Å². The summed E-state index contributed by atoms with van der Waals surface area (Å²) in [6.45, 7) is 4.68. The molecule has 0 atom stereocenters. The molecule has 6 aromatic rings. The maximum Gasteiger partial charge on any atom is 0.0715 e. The maximum atomic E-state index is 5.05. The monoisotopic (exact) mass is 499 g/mol. The van der Waals surface area contributed by atoms with Crippen molar-refractivity contribution in [1.82, 2.24) is 4.98 Å². The molecular formula is C38H29N. The fraction of sp³-hybridized carbons (Fsp3) is 0.0789. The molecule has 1 aliphatic rings. The Kier molecular flexibility index (Phi) is 5.52. The molecule has 0 saturated heterocycles. The Labute approximate surface area is 230 Å². The molecule has 39 heavy (non-hydrogen) atoms. The highest BCUT2D eigenvalue weighted by atomic mass is 14.7. The molecule has 0 amide bonds. The van der Waals surface area contributed by atoms with Crippen molar-refractivity contribution < 1.29 is 0 Å². The zero-order valence-corrected chi connectivity index (χ0v) is 22.2. The second-order valence-electron chi connectivity index (χ2n) is 10.9. The summed E-state index contributed by atoms with van der Waals surface area (Å²) in [5.74, 6) is 0. The van der Waals surface area contributed by atoms with Crippen molar-refractivity contribution in [3.63, 3.8) is 0 Å². The Bertz CT molecular complexity index is 1760. The first-order chi connectivity index (χ1) is 19.1. The minimum absolute atomic E-state index is 0.0141. The molecule has 1 aromatic heterocycles. The van der Waals surface area contributed by atoms with E-state index in [4.69, 9.17) is 4.98 Å². The van der Waals surface area contributed by atoms with E-state index in [0.29, 0.717) is 0 Å². The van der Waals surface area contributed by atoms with Gasteiger partial charge in [0.2, 0.25) is 0 Å². The number of benzene rings is 5. The van der Waals surface area contributed by atoms with Crippen molar-refractivity contribution >= 4 is 0 Å². The highest BCUT2D eigenvalue weighted by Gasteiger charge is 2.35. The van der Waals surface area contributed by atoms with Gasteiger partial charge < -0.3 is 0 Å². The highest BCUT2D eigenvalue weighted by Crippen LogP contribution is 2.49. The number of hydrogen-bond donors (Lipinski definition) is 0. The van der Waals surface area contributed by atoms with Crippen molar-refractivity contribution in [3.8, 4) is 55.9 Å². The average molecular weight is 500 g/mol. The smallest absolute Gasteiger partial charge is 0.0715 e. The van der Waals surface area contributed by atoms with Gasteiger partial charge in [-0.25, -0.2) is 4.98 Å². The first-order valence-corrected chi connectivity index (χ1v) is 13.6. The predicted octanol–water partition coefficient (Wildman–Crippen LogP) is 10.1. The molecule has 5 aromatic carbocycles. The summed E-state index contributed by atoms with van der Waals surface area (Å²) in [4.78, 5) is 5.05. The zero-order chi connectivity index (χ0) is 26.4. The Balaban J connectivity index is 1.34. The van der Waals surface area contributed by atoms with E-state index in [1.54, 1.807) is 0 Å². The number of rotatable bonds is 4. The molecule has 0 N–H and O–H groups in total. The molecule has 0 fully saturated rings. The Hall–Kier alpha value is -4.75. The molecule has 1 aliphatic carbocycles. The molecule has 0 bridgehead atoms. The third-order valence-electron chi connectivity index (χ3n) is 8.08. The van der Waals surface area contributed by atoms with Crippen LogP contribution >= 0.6 is 0 Å². The van der Waals surface area contributed by atoms with Crippen molar-refractivity contribution in [2.75, 3.05) is 0 Å². The van der Waals surface area contributed by atoms with Gasteiger partial charge in [0.15, 0.2) is 0 Å². The van der Waals surface area contributed by atoms with Gasteiger partial charge in [-0.15, -0.1) is 0 Å². The number of fused-ring (bicyclic) bond motifs is 3. The summed E-state index contributed by atoms with van der Waals surface area (Å²) in [5.41, 5.74) is 14.5. The van der Waals surface area contributed by atoms with Gasteiger partial charge >= 0.3 is 0 Å². The van der Waals surface area contributed by atoms with E-state index in [-0.39, 0.29) is 5.41 Å². The van der Waals surface area contributed by atoms with Crippen LogP contribution in [0.3, 0.4) is 0 Å². The fourth-order valence-corrected chi connectivity index (χ4v) is 5.97. The van der Waals surface area contributed by atoms with Crippen LogP contribution in [0.5, 0.6) is 0 Å². The van der Waals surface area contributed by atoms with Crippen LogP contribution in [-0.2, 0) is 5.41 Å². The SMILES string of the molecule is CC1(C)c2ccccc2-c2ccc(-c3cccc(-c4cc(-c5ccccc5)nc(-c5ccccc5)c4)c3)cc21. The van der Waals surface area contributed by atoms with E-state index in [0.717, 1.165) is 22.5 Å². The zero-order valence-electron chi connectivity index (χ0n) is 22.2. The summed E-state index contributed by atoms with van der Waals surface area (Å²) >= 11 is 0. The lowest BCUT2D eigenvalue weighted by Crippen LogP contribution is -2.14. The van der Waals surface area contributed by atoms with Crippen LogP contribution in [0.15, 0.2) is 140 Å². The summed E-state index contributed by atoms with van der Waals surface area (Å²) in [6, 6.07) is 50.0. The molecule has 1 heterocycles. The fourth-order valence-electron chi connectivity index (χ4n) is 5.97. The van der Waals surface area contributed by atoms with Gasteiger partial charge in [-0.3, -0.25) is 0 Å². The molecule has 0 saturated carbocycles. The van der Waals surface area contributed by atoms with E-state index >= 15 is 0 Å². The van der Waals surface area contributed by atoms with Crippen LogP contribution < -0.4 is 0 Å². The van der Waals surface area contributed by atoms with Crippen LogP contribution in [0, 0.1) is 0 Å². The van der Waals surface area contributed by atoms with Gasteiger partial charge in [0.1, 0.15) is 0 Å². The Morgan fingerprint density at radius 2 is 0.897 bits per heavy atom. The highest BCUT2D eigenvalue weighted by molar-refractivity contribution is 5.85. The number of nitrogens with zero attached hydrogens (tertiary/aromatic N) is 1. The van der Waals surface area contributed by atoms with Gasteiger partial charge in [-0.05, 0) is 68.8 Å². The standard InChI is InChI=1S/C38H29N/c1-38(2)34-19-10-9-18-32(34)33-21-20-30(23-35(33)38)28-16-11-17-29(22-28)31-24-36(26-12-5-3-6-13-26)39-37(25-31)27-14-7-4-8-15-27/h3-25H,1-2H3. The lowest BCUT2D eigenvalue weighted by atomic mass is 9.81. The lowest BCUT2D eigenvalue weighted by Gasteiger charge is -2.22. The summed E-state index contributed by atoms with van der Waals surface area (Å²) in [6.07, 6.45) is 0. The molecule has 1 nitrogen and oxygen atoms in total. The van der Waals surface area contributed by atoms with Gasteiger partial charge in [0.25, 0.3) is 0 Å². The Morgan fingerprint density at radius 3 is 1.56 bits per heavy atom. The molecule has 7 rings (SSSR count). The summed E-state index contributed by atoms with van der Waals surface area (Å²) < 4.78 is 0. The van der Waals surface area contributed by atoms with E-state index in [9.17, 15) is 0 Å². The number of pyridine rings is 1. The number of hydrogen-bond acceptors (Lipinski definition) is 1. The molecule has 0 spiro atoms. The normalized spacial score (nSPS) is 13.1. The van der Waals surface area contributed by atoms with Crippen LogP contribution in [0.1, 0.15) is 25.0 Å². The van der Waals surface area contributed by atoms with Crippen LogP contribution in [-0.4, -0.2) is 4.98 Å². The first-order valence-electron chi connectivity index (χ1n) is 13.6. The molecule has 1 heteroatoms. The van der Waals surface area contributed by atoms with Crippen molar-refractivity contribution in [3.05, 3.63) is 151 Å². The quantitative estimate of drug-likeness (QED) is 0.235. The first kappa shape index (κ1) is 23.4. The van der Waals surface area contributed by atoms with Crippen LogP contribution in [0.4, 0.5) is 0 Å². The maximum absolute atomic E-state index is 5.05. The van der Waals surface area contributed by atoms with E-state index in [1.165, 1.54) is 44.5 Å². The predicted molar refractivity (Wildman–Crippen MR) is 164 cm³/mol. The van der Waals surface area contributed by atoms with Crippen molar-refractivity contribution in [2.24, 2.45) is 0 Å². The minimum Gasteiger partial charge on any atom is -0.248 e. The molecule has 0 radical (unpaired) electrons. The lowest BCUT2D eigenvalue weighted by molar-refractivity contribution is 0.660. The largest absolute Gasteiger partial charge is 0.248 e. The third-order valence-corrected chi connectivity index (χ3v) is 8.08. The van der Waals surface area contributed by atoms with Crippen molar-refractivity contribution in [1.29, 1.82) is 0 Å². The molecule has 0 aliphatic heterocycles. The van der Waals surface area contributed by atoms with Crippen LogP contribution in [0.2, 0.25) is 0 Å². The van der Waals surface area contributed by atoms with Gasteiger partial charge in [0, 0.05) is 16.5 Å². The second-order valence-corrected chi connectivity index (χ2v) is 10.9. The minimum atomic E-state index is -0.0141. The van der Waals surface area contributed by atoms with Crippen molar-refractivity contribution in [2.45, 2.75) is 19.3 Å². The van der Waals surface area contributed by atoms with E-state index in [2.05, 4.69) is 141 Å². The molecular weight excluding hydrogens is 470 g/mol. The number of aromatic nitrogens is 1. The summed E-state index contributed by atoms with van der Waals surface area (Å²) in [7, 11) is 0. The van der Waals surface area contributed by atoms with Gasteiger partial charge in [-0.1, -0.05) is 129 Å². The average Bonchev–Trinajstić information content (AvgIpc) is 3.24. The molecule has 186 valence electrons. The topological polar surface area (TPSA) is 12.9 Å². The van der Waals surface area contributed by atoms with E-state index < -0.39 is 0 Å². The summed E-state index contributed by atoms with van der Waals surface area (Å²) in [5, 5.41) is 0. The second kappa shape index (κ2) is 9.22. The van der Waals surface area contributed by atoms with Crippen LogP contribution in [0.25, 0.3) is 55.9 Å². The third kappa shape index (κ3) is 4.08. The van der Waals surface area contributed by atoms with Gasteiger partial charge in [-0.2, -0.15) is 0 Å².